The molecule has 0 fully saturated rings. The Morgan fingerprint density at radius 3 is 1.40 bits per heavy atom. The van der Waals surface area contributed by atoms with E-state index in [1.54, 1.807) is 0 Å². The highest BCUT2D eigenvalue weighted by Crippen LogP contribution is 2.08. The second-order valence-electron chi connectivity index (χ2n) is 6.58. The van der Waals surface area contributed by atoms with Gasteiger partial charge in [0.15, 0.2) is 16.8 Å². The van der Waals surface area contributed by atoms with E-state index in [2.05, 4.69) is 73.8 Å². The molecule has 2 N–H and O–H groups in total. The summed E-state index contributed by atoms with van der Waals surface area (Å²) in [6.07, 6.45) is 0. The molecule has 3 nitrogen and oxygen atoms in total. The Morgan fingerprint density at radius 2 is 1.13 bits per heavy atom. The lowest BCUT2D eigenvalue weighted by Gasteiger charge is -2.41. The zero-order valence-corrected chi connectivity index (χ0v) is 14.9. The quantitative estimate of drug-likeness (QED) is 0.743. The highest BCUT2D eigenvalue weighted by Gasteiger charge is 2.35. The monoisotopic (exact) mass is 263 g/mol. The first-order chi connectivity index (χ1) is 6.36. The molecule has 15 heavy (non-hydrogen) atoms. The summed E-state index contributed by atoms with van der Waals surface area (Å²) in [5, 5.41) is 0. The van der Waals surface area contributed by atoms with Gasteiger partial charge in [-0.3, -0.25) is 0 Å². The second kappa shape index (κ2) is 4.80. The molecule has 0 unspecified atom stereocenters. The third-order valence-corrected chi connectivity index (χ3v) is 15.1. The fourth-order valence-corrected chi connectivity index (χ4v) is 17.2. The van der Waals surface area contributed by atoms with E-state index in [0.29, 0.717) is 0 Å². The molecule has 0 bridgehead atoms. The van der Waals surface area contributed by atoms with E-state index in [1.165, 1.54) is 0 Å². The first-order valence-corrected chi connectivity index (χ1v) is 15.1. The minimum atomic E-state index is -1.46. The smallest absolute Gasteiger partial charge is 0.191 e. The Bertz CT molecular complexity index is 209. The summed E-state index contributed by atoms with van der Waals surface area (Å²) in [5.74, 6) is 0. The number of nitrogens with one attached hydrogen (secondary N) is 2. The number of nitrogens with zero attached hydrogens (tertiary/aromatic N) is 1. The largest absolute Gasteiger partial charge is 0.348 e. The van der Waals surface area contributed by atoms with Gasteiger partial charge in [0.2, 0.25) is 0 Å². The molecule has 0 aromatic heterocycles. The number of hydrogen-bond donors (Lipinski definition) is 2. The molecule has 0 spiro atoms. The molecule has 0 rings (SSSR count). The van der Waals surface area contributed by atoms with Crippen molar-refractivity contribution in [1.82, 2.24) is 13.9 Å². The molecule has 92 valence electrons. The topological polar surface area (TPSA) is 27.3 Å². The summed E-state index contributed by atoms with van der Waals surface area (Å²) < 4.78 is 10.2. The van der Waals surface area contributed by atoms with Crippen molar-refractivity contribution in [3.8, 4) is 0 Å². The van der Waals surface area contributed by atoms with Crippen molar-refractivity contribution < 1.29 is 0 Å². The zero-order chi connectivity index (χ0) is 12.5. The molecule has 0 radical (unpaired) electrons. The van der Waals surface area contributed by atoms with Crippen molar-refractivity contribution in [3.05, 3.63) is 0 Å². The molecule has 0 aromatic carbocycles. The first-order valence-electron chi connectivity index (χ1n) is 5.62. The van der Waals surface area contributed by atoms with Crippen LogP contribution in [0.4, 0.5) is 0 Å². The van der Waals surface area contributed by atoms with Crippen LogP contribution in [0, 0.1) is 0 Å². The van der Waals surface area contributed by atoms with E-state index < -0.39 is 25.0 Å². The van der Waals surface area contributed by atoms with Gasteiger partial charge in [0.1, 0.15) is 8.24 Å². The van der Waals surface area contributed by atoms with Crippen molar-refractivity contribution >= 4 is 25.0 Å². The Kier molecular flexibility index (Phi) is 4.97. The second-order valence-corrected chi connectivity index (χ2v) is 20.3. The lowest BCUT2D eigenvalue weighted by atomic mass is 11.3. The summed E-state index contributed by atoms with van der Waals surface area (Å²) in [6.45, 7) is 16.6. The number of hydrogen-bond acceptors (Lipinski definition) is 3. The van der Waals surface area contributed by atoms with E-state index >= 15 is 0 Å². The summed E-state index contributed by atoms with van der Waals surface area (Å²) in [5.41, 5.74) is 0. The van der Waals surface area contributed by atoms with Crippen LogP contribution < -0.4 is 9.30 Å². The zero-order valence-electron chi connectivity index (χ0n) is 11.9. The van der Waals surface area contributed by atoms with Crippen molar-refractivity contribution in [1.29, 1.82) is 0 Å². The Labute approximate surface area is 99.1 Å². The normalized spacial score (nSPS) is 14.8. The summed E-state index contributed by atoms with van der Waals surface area (Å²) in [6, 6.07) is 0. The lowest BCUT2D eigenvalue weighted by molar-refractivity contribution is 0.612. The van der Waals surface area contributed by atoms with Gasteiger partial charge in [0.25, 0.3) is 0 Å². The van der Waals surface area contributed by atoms with Gasteiger partial charge in [-0.2, -0.15) is 0 Å². The van der Waals surface area contributed by atoms with Gasteiger partial charge in [-0.15, -0.1) is 0 Å². The maximum absolute atomic E-state index is 3.92. The SMILES string of the molecule is CN(C)[Si](C)(C)N[Si](C)(C)N[Si](C)(C)C. The molecule has 0 aromatic rings. The van der Waals surface area contributed by atoms with Crippen molar-refractivity contribution in [2.24, 2.45) is 0 Å². The van der Waals surface area contributed by atoms with Gasteiger partial charge in [-0.1, -0.05) is 19.6 Å². The van der Waals surface area contributed by atoms with Gasteiger partial charge in [0.05, 0.1) is 0 Å². The molecule has 0 saturated heterocycles. The fraction of sp³-hybridized carbons (Fsp3) is 1.00. The average Bonchev–Trinajstić information content (AvgIpc) is 1.75. The third kappa shape index (κ3) is 6.64. The predicted octanol–water partition coefficient (Wildman–Crippen LogP) is 1.97. The molecular formula is C9H29N3Si3. The summed E-state index contributed by atoms with van der Waals surface area (Å²) in [7, 11) is 0.317. The van der Waals surface area contributed by atoms with Gasteiger partial charge < -0.3 is 13.9 Å². The van der Waals surface area contributed by atoms with Gasteiger partial charge >= 0.3 is 0 Å². The lowest BCUT2D eigenvalue weighted by Crippen LogP contribution is -2.74. The van der Waals surface area contributed by atoms with Crippen LogP contribution in [0.25, 0.3) is 0 Å². The minimum absolute atomic E-state index is 1.17. The Hall–Kier alpha value is 0.531. The van der Waals surface area contributed by atoms with E-state index in [4.69, 9.17) is 0 Å². The van der Waals surface area contributed by atoms with E-state index in [0.717, 1.165) is 0 Å². The van der Waals surface area contributed by atoms with Crippen LogP contribution in [-0.2, 0) is 0 Å². The molecule has 0 aliphatic rings. The minimum Gasteiger partial charge on any atom is -0.348 e. The van der Waals surface area contributed by atoms with E-state index in [9.17, 15) is 0 Å². The molecular weight excluding hydrogens is 234 g/mol. The molecule has 0 atom stereocenters. The van der Waals surface area contributed by atoms with Crippen LogP contribution in [0.1, 0.15) is 0 Å². The number of rotatable bonds is 5. The molecule has 0 saturated carbocycles. The van der Waals surface area contributed by atoms with E-state index in [-0.39, 0.29) is 0 Å². The molecule has 0 heterocycles. The standard InChI is InChI=1S/C9H29N3Si3/c1-12(2)15(8,9)11-14(6,7)10-13(3,4)5/h10-11H,1-9H3. The van der Waals surface area contributed by atoms with Gasteiger partial charge in [-0.05, 0) is 40.3 Å². The fourth-order valence-electron chi connectivity index (χ4n) is 1.85. The van der Waals surface area contributed by atoms with Crippen molar-refractivity contribution in [2.75, 3.05) is 14.1 Å². The maximum atomic E-state index is 3.92. The maximum Gasteiger partial charge on any atom is 0.191 e. The van der Waals surface area contributed by atoms with Crippen LogP contribution in [-0.4, -0.2) is 43.7 Å². The van der Waals surface area contributed by atoms with Crippen LogP contribution >= 0.6 is 0 Å². The van der Waals surface area contributed by atoms with Crippen LogP contribution in [0.15, 0.2) is 0 Å². The predicted molar refractivity (Wildman–Crippen MR) is 78.3 cm³/mol. The van der Waals surface area contributed by atoms with Crippen LogP contribution in [0.3, 0.4) is 0 Å². The van der Waals surface area contributed by atoms with Gasteiger partial charge in [-0.25, -0.2) is 0 Å². The first kappa shape index (κ1) is 15.5. The summed E-state index contributed by atoms with van der Waals surface area (Å²) >= 11 is 0. The molecule has 0 aliphatic carbocycles. The van der Waals surface area contributed by atoms with Gasteiger partial charge in [0, 0.05) is 0 Å². The van der Waals surface area contributed by atoms with Crippen molar-refractivity contribution in [3.63, 3.8) is 0 Å². The van der Waals surface area contributed by atoms with E-state index in [1.807, 2.05) is 0 Å². The molecule has 0 amide bonds. The summed E-state index contributed by atoms with van der Waals surface area (Å²) in [4.78, 5) is 0. The molecule has 6 heteroatoms. The Morgan fingerprint density at radius 1 is 0.733 bits per heavy atom. The van der Waals surface area contributed by atoms with Crippen LogP contribution in [0.5, 0.6) is 0 Å². The third-order valence-electron chi connectivity index (χ3n) is 2.42. The highest BCUT2D eigenvalue weighted by molar-refractivity contribution is 6.95. The Balaban J connectivity index is 4.51. The van der Waals surface area contributed by atoms with Crippen LogP contribution in [0.2, 0.25) is 45.8 Å². The molecule has 0 aliphatic heterocycles. The average molecular weight is 264 g/mol. The highest BCUT2D eigenvalue weighted by atomic mass is 28.4. The van der Waals surface area contributed by atoms with Crippen molar-refractivity contribution in [2.45, 2.75) is 45.8 Å².